The molecular weight excluding hydrogens is 328 g/mol. The molecule has 7 heteroatoms. The van der Waals surface area contributed by atoms with Crippen LogP contribution in [0.4, 0.5) is 0 Å². The summed E-state index contributed by atoms with van der Waals surface area (Å²) in [5.74, 6) is 2.53. The summed E-state index contributed by atoms with van der Waals surface area (Å²) >= 11 is 0. The lowest BCUT2D eigenvalue weighted by atomic mass is 9.93. The molecule has 1 saturated heterocycles. The fraction of sp³-hybridized carbons (Fsp3) is 0.579. The minimum atomic E-state index is 0.162. The van der Waals surface area contributed by atoms with Crippen molar-refractivity contribution in [3.05, 3.63) is 42.9 Å². The van der Waals surface area contributed by atoms with Crippen molar-refractivity contribution in [3.63, 3.8) is 0 Å². The van der Waals surface area contributed by atoms with E-state index in [2.05, 4.69) is 56.9 Å². The predicted molar refractivity (Wildman–Crippen MR) is 103 cm³/mol. The molecule has 0 amide bonds. The number of piperidine rings is 1. The Kier molecular flexibility index (Phi) is 5.98. The first-order valence-electron chi connectivity index (χ1n) is 9.23. The molecule has 0 saturated carbocycles. The number of furan rings is 1. The highest BCUT2D eigenvalue weighted by Crippen LogP contribution is 2.27. The number of nitrogens with one attached hydrogen (secondary N) is 1. The topological polar surface area (TPSA) is 61.8 Å². The quantitative estimate of drug-likeness (QED) is 0.656. The van der Waals surface area contributed by atoms with Crippen LogP contribution in [0.5, 0.6) is 0 Å². The van der Waals surface area contributed by atoms with Gasteiger partial charge in [0.25, 0.3) is 0 Å². The van der Waals surface area contributed by atoms with Crippen molar-refractivity contribution in [2.45, 2.75) is 25.4 Å². The van der Waals surface area contributed by atoms with Crippen LogP contribution in [0.2, 0.25) is 0 Å². The number of nitrogens with zero attached hydrogens (tertiary/aromatic N) is 5. The van der Waals surface area contributed by atoms with Gasteiger partial charge in [0.2, 0.25) is 0 Å². The molecule has 7 nitrogen and oxygen atoms in total. The van der Waals surface area contributed by atoms with E-state index in [0.29, 0.717) is 12.0 Å². The lowest BCUT2D eigenvalue weighted by Gasteiger charge is -2.39. The normalized spacial score (nSPS) is 22.7. The maximum atomic E-state index is 5.60. The Balaban J connectivity index is 1.65. The number of likely N-dealkylation sites (tertiary alicyclic amines) is 1. The van der Waals surface area contributed by atoms with Crippen LogP contribution in [0.3, 0.4) is 0 Å². The molecule has 2 aromatic rings. The highest BCUT2D eigenvalue weighted by molar-refractivity contribution is 5.80. The predicted octanol–water partition coefficient (Wildman–Crippen LogP) is 2.24. The van der Waals surface area contributed by atoms with Crippen LogP contribution in [0.15, 0.2) is 46.5 Å². The third kappa shape index (κ3) is 4.09. The number of rotatable bonds is 5. The molecule has 1 aliphatic rings. The van der Waals surface area contributed by atoms with Crippen LogP contribution in [-0.4, -0.2) is 66.1 Å². The molecule has 26 heavy (non-hydrogen) atoms. The second kappa shape index (κ2) is 8.40. The molecule has 3 rings (SSSR count). The molecule has 1 fully saturated rings. The minimum absolute atomic E-state index is 0.162. The van der Waals surface area contributed by atoms with Crippen molar-refractivity contribution in [1.29, 1.82) is 0 Å². The molecule has 2 aromatic heterocycles. The summed E-state index contributed by atoms with van der Waals surface area (Å²) in [7, 11) is 5.98. The molecule has 0 radical (unpaired) electrons. The molecule has 3 unspecified atom stereocenters. The van der Waals surface area contributed by atoms with Gasteiger partial charge in [-0.25, -0.2) is 4.98 Å². The molecule has 1 N–H and O–H groups in total. The van der Waals surface area contributed by atoms with E-state index >= 15 is 0 Å². The molecular formula is C19H30N6O. The van der Waals surface area contributed by atoms with Crippen molar-refractivity contribution < 1.29 is 4.42 Å². The van der Waals surface area contributed by atoms with E-state index < -0.39 is 0 Å². The Morgan fingerprint density at radius 1 is 1.50 bits per heavy atom. The van der Waals surface area contributed by atoms with Gasteiger partial charge in [0, 0.05) is 39.1 Å². The third-order valence-electron chi connectivity index (χ3n) is 5.29. The van der Waals surface area contributed by atoms with Gasteiger partial charge < -0.3 is 19.2 Å². The largest absolute Gasteiger partial charge is 0.468 e. The SMILES string of the molecule is CN=C(NCC(c1ccco1)N(C)C)N1CCC(C)C(n2ccnc2)C1. The molecule has 142 valence electrons. The number of likely N-dealkylation sites (N-methyl/N-ethyl adjacent to an activating group) is 1. The van der Waals surface area contributed by atoms with Gasteiger partial charge in [-0.2, -0.15) is 0 Å². The van der Waals surface area contributed by atoms with Gasteiger partial charge in [0.1, 0.15) is 5.76 Å². The van der Waals surface area contributed by atoms with Gasteiger partial charge in [0.05, 0.1) is 24.7 Å². The summed E-state index contributed by atoms with van der Waals surface area (Å²) in [6.45, 7) is 5.01. The maximum Gasteiger partial charge on any atom is 0.193 e. The zero-order valence-electron chi connectivity index (χ0n) is 16.2. The van der Waals surface area contributed by atoms with Crippen molar-refractivity contribution in [2.24, 2.45) is 10.9 Å². The number of hydrogen-bond acceptors (Lipinski definition) is 4. The average molecular weight is 358 g/mol. The molecule has 0 aliphatic carbocycles. The van der Waals surface area contributed by atoms with E-state index in [1.54, 1.807) is 6.26 Å². The Morgan fingerprint density at radius 3 is 2.96 bits per heavy atom. The lowest BCUT2D eigenvalue weighted by molar-refractivity contribution is 0.187. The summed E-state index contributed by atoms with van der Waals surface area (Å²) in [6.07, 6.45) is 8.69. The monoisotopic (exact) mass is 358 g/mol. The zero-order chi connectivity index (χ0) is 18.5. The Bertz CT molecular complexity index is 679. The van der Waals surface area contributed by atoms with Crippen molar-refractivity contribution in [2.75, 3.05) is 40.8 Å². The first-order valence-corrected chi connectivity index (χ1v) is 9.23. The van der Waals surface area contributed by atoms with Gasteiger partial charge in [-0.05, 0) is 38.6 Å². The Hall–Kier alpha value is -2.28. The summed E-state index contributed by atoms with van der Waals surface area (Å²) in [6, 6.07) is 4.53. The van der Waals surface area contributed by atoms with E-state index in [-0.39, 0.29) is 6.04 Å². The minimum Gasteiger partial charge on any atom is -0.468 e. The molecule has 0 aromatic carbocycles. The number of aliphatic imine (C=N–C) groups is 1. The van der Waals surface area contributed by atoms with E-state index in [0.717, 1.165) is 37.8 Å². The highest BCUT2D eigenvalue weighted by atomic mass is 16.3. The standard InChI is InChI=1S/C19H30N6O/c1-15-7-9-24(13-17(15)25-10-8-21-14-25)19(20-2)22-12-16(23(3)4)18-6-5-11-26-18/h5-6,8,10-11,14-17H,7,9,12-13H2,1-4H3,(H,20,22). The fourth-order valence-electron chi connectivity index (χ4n) is 3.63. The molecule has 3 heterocycles. The number of hydrogen-bond donors (Lipinski definition) is 1. The van der Waals surface area contributed by atoms with E-state index in [1.807, 2.05) is 31.7 Å². The summed E-state index contributed by atoms with van der Waals surface area (Å²) in [4.78, 5) is 13.2. The Morgan fingerprint density at radius 2 is 2.35 bits per heavy atom. The van der Waals surface area contributed by atoms with Crippen molar-refractivity contribution in [3.8, 4) is 0 Å². The first-order chi connectivity index (χ1) is 12.6. The molecule has 3 atom stereocenters. The highest BCUT2D eigenvalue weighted by Gasteiger charge is 2.29. The molecule has 0 bridgehead atoms. The average Bonchev–Trinajstić information content (AvgIpc) is 3.33. The second-order valence-electron chi connectivity index (χ2n) is 7.21. The second-order valence-corrected chi connectivity index (χ2v) is 7.21. The Labute approximate surface area is 155 Å². The molecule has 1 aliphatic heterocycles. The van der Waals surface area contributed by atoms with Crippen LogP contribution in [-0.2, 0) is 0 Å². The van der Waals surface area contributed by atoms with Crippen LogP contribution in [0, 0.1) is 5.92 Å². The number of imidazole rings is 1. The van der Waals surface area contributed by atoms with Crippen LogP contribution in [0.1, 0.15) is 31.2 Å². The lowest BCUT2D eigenvalue weighted by Crippen LogP contribution is -2.50. The summed E-state index contributed by atoms with van der Waals surface area (Å²) in [5, 5.41) is 3.54. The first kappa shape index (κ1) is 18.5. The summed E-state index contributed by atoms with van der Waals surface area (Å²) < 4.78 is 7.82. The number of aromatic nitrogens is 2. The van der Waals surface area contributed by atoms with Crippen LogP contribution in [0.25, 0.3) is 0 Å². The van der Waals surface area contributed by atoms with Gasteiger partial charge in [-0.15, -0.1) is 0 Å². The smallest absolute Gasteiger partial charge is 0.193 e. The maximum absolute atomic E-state index is 5.60. The van der Waals surface area contributed by atoms with Gasteiger partial charge in [-0.1, -0.05) is 6.92 Å². The van der Waals surface area contributed by atoms with Crippen LogP contribution < -0.4 is 5.32 Å². The third-order valence-corrected chi connectivity index (χ3v) is 5.29. The summed E-state index contributed by atoms with van der Waals surface area (Å²) in [5.41, 5.74) is 0. The van der Waals surface area contributed by atoms with Crippen LogP contribution >= 0.6 is 0 Å². The van der Waals surface area contributed by atoms with E-state index in [4.69, 9.17) is 4.42 Å². The zero-order valence-corrected chi connectivity index (χ0v) is 16.2. The van der Waals surface area contributed by atoms with E-state index in [1.165, 1.54) is 0 Å². The van der Waals surface area contributed by atoms with Gasteiger partial charge in [-0.3, -0.25) is 9.89 Å². The van der Waals surface area contributed by atoms with E-state index in [9.17, 15) is 0 Å². The number of guanidine groups is 1. The van der Waals surface area contributed by atoms with Gasteiger partial charge >= 0.3 is 0 Å². The van der Waals surface area contributed by atoms with Gasteiger partial charge in [0.15, 0.2) is 5.96 Å². The fourth-order valence-corrected chi connectivity index (χ4v) is 3.63. The van der Waals surface area contributed by atoms with Crippen molar-refractivity contribution in [1.82, 2.24) is 24.7 Å². The molecule has 0 spiro atoms. The van der Waals surface area contributed by atoms with Crippen molar-refractivity contribution >= 4 is 5.96 Å².